The number of nitrogens with two attached hydrogens (primary N) is 1. The molecule has 2 rings (SSSR count). The van der Waals surface area contributed by atoms with E-state index in [-0.39, 0.29) is 13.3 Å². The Morgan fingerprint density at radius 1 is 1.41 bits per heavy atom. The molecule has 0 unspecified atom stereocenters. The van der Waals surface area contributed by atoms with E-state index in [0.717, 1.165) is 12.0 Å². The van der Waals surface area contributed by atoms with Crippen LogP contribution in [0.3, 0.4) is 0 Å². The van der Waals surface area contributed by atoms with E-state index in [1.54, 1.807) is 0 Å². The van der Waals surface area contributed by atoms with Crippen molar-refractivity contribution in [2.45, 2.75) is 26.3 Å². The Labute approximate surface area is 102 Å². The Morgan fingerprint density at radius 2 is 2.12 bits per heavy atom. The van der Waals surface area contributed by atoms with E-state index in [4.69, 9.17) is 10.6 Å². The van der Waals surface area contributed by atoms with Crippen LogP contribution >= 0.6 is 0 Å². The molecule has 1 atom stereocenters. The summed E-state index contributed by atoms with van der Waals surface area (Å²) in [6.45, 7) is 1.27. The molecule has 4 heteroatoms. The molecular weight excluding hydrogens is 216 g/mol. The molecule has 1 heterocycles. The number of amides is 1. The number of hydroxylamine groups is 2. The predicted octanol–water partition coefficient (Wildman–Crippen LogP) is 1.36. The molecule has 1 aliphatic rings. The van der Waals surface area contributed by atoms with Crippen LogP contribution in [0.1, 0.15) is 19.4 Å². The van der Waals surface area contributed by atoms with Crippen molar-refractivity contribution in [3.8, 4) is 0 Å². The molecule has 0 spiro atoms. The minimum atomic E-state index is -0.513. The zero-order chi connectivity index (χ0) is 11.4. The van der Waals surface area contributed by atoms with Gasteiger partial charge in [-0.05, 0) is 18.4 Å². The largest absolute Gasteiger partial charge is 0.320 e. The molecule has 17 heavy (non-hydrogen) atoms. The minimum absolute atomic E-state index is 0. The van der Waals surface area contributed by atoms with Crippen molar-refractivity contribution >= 4 is 5.91 Å². The summed E-state index contributed by atoms with van der Waals surface area (Å²) in [6.07, 6.45) is 1.45. The zero-order valence-electron chi connectivity index (χ0n) is 9.13. The summed E-state index contributed by atoms with van der Waals surface area (Å²) in [5, 5.41) is 1.38. The number of carbonyl (C=O) groups is 1. The first-order chi connectivity index (χ1) is 7.77. The third-order valence-electron chi connectivity index (χ3n) is 2.61. The quantitative estimate of drug-likeness (QED) is 0.862. The van der Waals surface area contributed by atoms with Gasteiger partial charge in [0.1, 0.15) is 0 Å². The maximum Gasteiger partial charge on any atom is 0.263 e. The molecule has 1 aromatic rings. The van der Waals surface area contributed by atoms with Gasteiger partial charge in [-0.2, -0.15) is 0 Å². The lowest BCUT2D eigenvalue weighted by molar-refractivity contribution is -0.170. The smallest absolute Gasteiger partial charge is 0.263 e. The summed E-state index contributed by atoms with van der Waals surface area (Å²) < 4.78 is 0. The van der Waals surface area contributed by atoms with E-state index in [1.165, 1.54) is 5.06 Å². The van der Waals surface area contributed by atoms with Gasteiger partial charge in [-0.1, -0.05) is 37.8 Å². The second-order valence-corrected chi connectivity index (χ2v) is 3.92. The fourth-order valence-electron chi connectivity index (χ4n) is 1.76. The van der Waals surface area contributed by atoms with Crippen molar-refractivity contribution in [3.63, 3.8) is 0 Å². The standard InChI is InChI=1S/C12H16N2O2.CH4/c13-11(9-10-5-2-1-3-6-10)12(15)14-7-4-8-16-14;/h1-3,5-6,11H,4,7-9,13H2;1H4/t11-;/m0./s1. The summed E-state index contributed by atoms with van der Waals surface area (Å²) in [6, 6.07) is 9.26. The van der Waals surface area contributed by atoms with Gasteiger partial charge < -0.3 is 5.73 Å². The second-order valence-electron chi connectivity index (χ2n) is 3.92. The van der Waals surface area contributed by atoms with Crippen LogP contribution in [0, 0.1) is 0 Å². The van der Waals surface area contributed by atoms with E-state index in [2.05, 4.69) is 0 Å². The van der Waals surface area contributed by atoms with Crippen LogP contribution in [0.25, 0.3) is 0 Å². The molecule has 1 saturated heterocycles. The lowest BCUT2D eigenvalue weighted by Crippen LogP contribution is -2.43. The summed E-state index contributed by atoms with van der Waals surface area (Å²) >= 11 is 0. The Morgan fingerprint density at radius 3 is 2.71 bits per heavy atom. The van der Waals surface area contributed by atoms with Crippen molar-refractivity contribution in [3.05, 3.63) is 35.9 Å². The summed E-state index contributed by atoms with van der Waals surface area (Å²) in [5.41, 5.74) is 6.93. The molecule has 1 aliphatic heterocycles. The van der Waals surface area contributed by atoms with Crippen LogP contribution in [0.15, 0.2) is 30.3 Å². The third-order valence-corrected chi connectivity index (χ3v) is 2.61. The number of nitrogens with zero attached hydrogens (tertiary/aromatic N) is 1. The first-order valence-electron chi connectivity index (χ1n) is 5.51. The third kappa shape index (κ3) is 3.54. The molecular formula is C13H20N2O2. The second kappa shape index (κ2) is 6.37. The highest BCUT2D eigenvalue weighted by atomic mass is 16.7. The van der Waals surface area contributed by atoms with Crippen molar-refractivity contribution in [1.82, 2.24) is 5.06 Å². The highest BCUT2D eigenvalue weighted by Gasteiger charge is 2.24. The first-order valence-corrected chi connectivity index (χ1v) is 5.51. The fourth-order valence-corrected chi connectivity index (χ4v) is 1.76. The van der Waals surface area contributed by atoms with Crippen molar-refractivity contribution < 1.29 is 9.63 Å². The molecule has 0 saturated carbocycles. The summed E-state index contributed by atoms with van der Waals surface area (Å²) in [7, 11) is 0. The number of hydrogen-bond acceptors (Lipinski definition) is 3. The van der Waals surface area contributed by atoms with Crippen molar-refractivity contribution in [1.29, 1.82) is 0 Å². The van der Waals surface area contributed by atoms with Crippen LogP contribution in [-0.4, -0.2) is 30.2 Å². The summed E-state index contributed by atoms with van der Waals surface area (Å²) in [5.74, 6) is -0.124. The molecule has 94 valence electrons. The van der Waals surface area contributed by atoms with E-state index < -0.39 is 6.04 Å². The number of hydrogen-bond donors (Lipinski definition) is 1. The van der Waals surface area contributed by atoms with Gasteiger partial charge in [0.25, 0.3) is 5.91 Å². The first kappa shape index (κ1) is 13.7. The lowest BCUT2D eigenvalue weighted by Gasteiger charge is -2.18. The van der Waals surface area contributed by atoms with Gasteiger partial charge in [-0.25, -0.2) is 5.06 Å². The molecule has 2 N–H and O–H groups in total. The molecule has 0 aromatic heterocycles. The van der Waals surface area contributed by atoms with Crippen LogP contribution in [-0.2, 0) is 16.1 Å². The Bertz CT molecular complexity index is 348. The van der Waals surface area contributed by atoms with Crippen molar-refractivity contribution in [2.75, 3.05) is 13.2 Å². The van der Waals surface area contributed by atoms with Crippen LogP contribution in [0.2, 0.25) is 0 Å². The average Bonchev–Trinajstić information content (AvgIpc) is 2.83. The lowest BCUT2D eigenvalue weighted by atomic mass is 10.1. The Kier molecular flexibility index (Phi) is 5.12. The fraction of sp³-hybridized carbons (Fsp3) is 0.462. The van der Waals surface area contributed by atoms with E-state index in [0.29, 0.717) is 19.6 Å². The van der Waals surface area contributed by atoms with E-state index >= 15 is 0 Å². The van der Waals surface area contributed by atoms with Crippen LogP contribution in [0.5, 0.6) is 0 Å². The molecule has 0 radical (unpaired) electrons. The summed E-state index contributed by atoms with van der Waals surface area (Å²) in [4.78, 5) is 17.0. The molecule has 1 fully saturated rings. The van der Waals surface area contributed by atoms with Gasteiger partial charge in [0.15, 0.2) is 0 Å². The average molecular weight is 236 g/mol. The Hall–Kier alpha value is -1.39. The van der Waals surface area contributed by atoms with Gasteiger partial charge in [0, 0.05) is 0 Å². The van der Waals surface area contributed by atoms with Crippen LogP contribution < -0.4 is 5.73 Å². The number of benzene rings is 1. The van der Waals surface area contributed by atoms with E-state index in [1.807, 2.05) is 30.3 Å². The normalized spacial score (nSPS) is 16.4. The van der Waals surface area contributed by atoms with Crippen LogP contribution in [0.4, 0.5) is 0 Å². The predicted molar refractivity (Wildman–Crippen MR) is 67.1 cm³/mol. The number of rotatable bonds is 3. The highest BCUT2D eigenvalue weighted by molar-refractivity contribution is 5.81. The maximum absolute atomic E-state index is 11.8. The molecule has 0 bridgehead atoms. The topological polar surface area (TPSA) is 55.6 Å². The number of carbonyl (C=O) groups excluding carboxylic acids is 1. The minimum Gasteiger partial charge on any atom is -0.320 e. The molecule has 0 aliphatic carbocycles. The zero-order valence-corrected chi connectivity index (χ0v) is 9.13. The SMILES string of the molecule is C.N[C@@H](Cc1ccccc1)C(=O)N1CCCO1. The highest BCUT2D eigenvalue weighted by Crippen LogP contribution is 2.09. The molecule has 1 aromatic carbocycles. The van der Waals surface area contributed by atoms with Crippen molar-refractivity contribution in [2.24, 2.45) is 5.73 Å². The van der Waals surface area contributed by atoms with Gasteiger partial charge in [0.2, 0.25) is 0 Å². The van der Waals surface area contributed by atoms with Gasteiger partial charge >= 0.3 is 0 Å². The molecule has 4 nitrogen and oxygen atoms in total. The van der Waals surface area contributed by atoms with Gasteiger partial charge in [0.05, 0.1) is 19.2 Å². The monoisotopic (exact) mass is 236 g/mol. The van der Waals surface area contributed by atoms with Gasteiger partial charge in [-0.15, -0.1) is 0 Å². The maximum atomic E-state index is 11.8. The Balaban J connectivity index is 0.00000144. The van der Waals surface area contributed by atoms with Gasteiger partial charge in [-0.3, -0.25) is 9.63 Å². The molecule has 1 amide bonds. The van der Waals surface area contributed by atoms with E-state index in [9.17, 15) is 4.79 Å².